The maximum Gasteiger partial charge on any atom is 0.183 e. The molecule has 27 heavy (non-hydrogen) atoms. The molecule has 3 heterocycles. The Morgan fingerprint density at radius 2 is 1.96 bits per heavy atom. The fourth-order valence-corrected chi connectivity index (χ4v) is 3.97. The summed E-state index contributed by atoms with van der Waals surface area (Å²) in [5, 5.41) is 8.76. The molecule has 1 aromatic carbocycles. The summed E-state index contributed by atoms with van der Waals surface area (Å²) in [7, 11) is 2.21. The maximum atomic E-state index is 4.56. The van der Waals surface area contributed by atoms with E-state index in [4.69, 9.17) is 0 Å². The highest BCUT2D eigenvalue weighted by molar-refractivity contribution is 5.82. The van der Waals surface area contributed by atoms with E-state index >= 15 is 0 Å². The Kier molecular flexibility index (Phi) is 4.24. The van der Waals surface area contributed by atoms with Gasteiger partial charge < -0.3 is 4.90 Å². The molecule has 1 unspecified atom stereocenters. The minimum Gasteiger partial charge on any atom is -0.353 e. The first-order valence-corrected chi connectivity index (χ1v) is 9.81. The van der Waals surface area contributed by atoms with Crippen LogP contribution in [0.5, 0.6) is 0 Å². The molecule has 1 saturated heterocycles. The van der Waals surface area contributed by atoms with E-state index in [0.717, 1.165) is 55.5 Å². The van der Waals surface area contributed by atoms with Crippen LogP contribution < -0.4 is 4.90 Å². The Balaban J connectivity index is 1.31. The average Bonchev–Trinajstić information content (AvgIpc) is 3.21. The van der Waals surface area contributed by atoms with Gasteiger partial charge in [0.2, 0.25) is 0 Å². The van der Waals surface area contributed by atoms with E-state index < -0.39 is 0 Å². The first kappa shape index (κ1) is 16.6. The molecule has 1 atom stereocenters. The van der Waals surface area contributed by atoms with Crippen LogP contribution in [0.3, 0.4) is 0 Å². The molecular weight excluding hydrogens is 338 g/mol. The number of benzene rings is 1. The third-order valence-electron chi connectivity index (χ3n) is 5.77. The van der Waals surface area contributed by atoms with E-state index in [2.05, 4.69) is 67.5 Å². The van der Waals surface area contributed by atoms with E-state index in [1.54, 1.807) is 6.33 Å². The van der Waals surface area contributed by atoms with E-state index in [-0.39, 0.29) is 0 Å². The lowest BCUT2D eigenvalue weighted by Gasteiger charge is -2.25. The highest BCUT2D eigenvalue weighted by Crippen LogP contribution is 2.32. The van der Waals surface area contributed by atoms with Gasteiger partial charge in [-0.1, -0.05) is 35.5 Å². The second-order valence-corrected chi connectivity index (χ2v) is 7.87. The van der Waals surface area contributed by atoms with E-state index in [1.165, 1.54) is 18.4 Å². The number of rotatable bonds is 6. The molecule has 3 aromatic rings. The van der Waals surface area contributed by atoms with Gasteiger partial charge in [0, 0.05) is 32.2 Å². The summed E-state index contributed by atoms with van der Waals surface area (Å²) in [6, 6.07) is 11.2. The largest absolute Gasteiger partial charge is 0.353 e. The first-order valence-electron chi connectivity index (χ1n) is 9.81. The van der Waals surface area contributed by atoms with Crippen molar-refractivity contribution in [2.75, 3.05) is 25.0 Å². The summed E-state index contributed by atoms with van der Waals surface area (Å²) in [6.45, 7) is 3.85. The topological polar surface area (TPSA) is 63.0 Å². The van der Waals surface area contributed by atoms with Gasteiger partial charge in [0.1, 0.15) is 6.33 Å². The van der Waals surface area contributed by atoms with Crippen LogP contribution in [0, 0.1) is 5.92 Å². The number of anilines is 1. The molecule has 0 N–H and O–H groups in total. The zero-order chi connectivity index (χ0) is 18.2. The molecule has 1 saturated carbocycles. The predicted molar refractivity (Wildman–Crippen MR) is 104 cm³/mol. The summed E-state index contributed by atoms with van der Waals surface area (Å²) < 4.78 is 1.95. The molecular formula is C20H25N7. The summed E-state index contributed by atoms with van der Waals surface area (Å²) in [4.78, 5) is 13.8. The Labute approximate surface area is 159 Å². The summed E-state index contributed by atoms with van der Waals surface area (Å²) in [6.07, 6.45) is 5.37. The molecule has 0 bridgehead atoms. The average molecular weight is 363 g/mol. The molecule has 1 aliphatic heterocycles. The monoisotopic (exact) mass is 363 g/mol. The summed E-state index contributed by atoms with van der Waals surface area (Å²) >= 11 is 0. The van der Waals surface area contributed by atoms with Crippen LogP contribution in [0.25, 0.3) is 11.2 Å². The predicted octanol–water partition coefficient (Wildman–Crippen LogP) is 2.34. The highest BCUT2D eigenvalue weighted by Gasteiger charge is 2.29. The third kappa shape index (κ3) is 3.39. The van der Waals surface area contributed by atoms with Gasteiger partial charge in [0.25, 0.3) is 0 Å². The molecule has 0 radical (unpaired) electrons. The summed E-state index contributed by atoms with van der Waals surface area (Å²) in [5.41, 5.74) is 3.06. The fourth-order valence-electron chi connectivity index (χ4n) is 3.97. The lowest BCUT2D eigenvalue weighted by molar-refractivity contribution is 0.250. The molecule has 5 rings (SSSR count). The van der Waals surface area contributed by atoms with Gasteiger partial charge in [0.15, 0.2) is 17.0 Å². The Morgan fingerprint density at radius 1 is 1.11 bits per heavy atom. The van der Waals surface area contributed by atoms with Crippen LogP contribution in [0.1, 0.15) is 24.8 Å². The van der Waals surface area contributed by atoms with Crippen LogP contribution in [-0.2, 0) is 13.1 Å². The van der Waals surface area contributed by atoms with Gasteiger partial charge in [-0.05, 0) is 37.8 Å². The van der Waals surface area contributed by atoms with Crippen LogP contribution in [0.15, 0.2) is 36.7 Å². The molecule has 0 amide bonds. The molecule has 140 valence electrons. The van der Waals surface area contributed by atoms with E-state index in [9.17, 15) is 0 Å². The lowest BCUT2D eigenvalue weighted by Crippen LogP contribution is -2.34. The van der Waals surface area contributed by atoms with Gasteiger partial charge in [-0.3, -0.25) is 4.90 Å². The standard InChI is InChI=1S/C20H25N7/c1-25(11-15-5-3-2-4-6-15)17-9-10-26(13-17)19-18-20(22-14-21-19)27(24-23-18)12-16-7-8-16/h2-6,14,16-17H,7-13H2,1H3. The zero-order valence-corrected chi connectivity index (χ0v) is 15.7. The van der Waals surface area contributed by atoms with Gasteiger partial charge in [-0.15, -0.1) is 5.10 Å². The second kappa shape index (κ2) is 6.88. The molecule has 1 aliphatic carbocycles. The van der Waals surface area contributed by atoms with Crippen molar-refractivity contribution >= 4 is 17.0 Å². The van der Waals surface area contributed by atoms with Crippen molar-refractivity contribution in [2.45, 2.75) is 38.4 Å². The minimum absolute atomic E-state index is 0.511. The van der Waals surface area contributed by atoms with Crippen LogP contribution >= 0.6 is 0 Å². The van der Waals surface area contributed by atoms with Crippen LogP contribution in [-0.4, -0.2) is 56.0 Å². The number of hydrogen-bond donors (Lipinski definition) is 0. The maximum absolute atomic E-state index is 4.56. The number of aromatic nitrogens is 5. The zero-order valence-electron chi connectivity index (χ0n) is 15.7. The van der Waals surface area contributed by atoms with Crippen molar-refractivity contribution in [2.24, 2.45) is 5.92 Å². The van der Waals surface area contributed by atoms with Crippen molar-refractivity contribution in [3.8, 4) is 0 Å². The molecule has 2 fully saturated rings. The third-order valence-corrected chi connectivity index (χ3v) is 5.77. The van der Waals surface area contributed by atoms with Crippen molar-refractivity contribution in [1.82, 2.24) is 29.9 Å². The van der Waals surface area contributed by atoms with E-state index in [0.29, 0.717) is 6.04 Å². The Hall–Kier alpha value is -2.54. The second-order valence-electron chi connectivity index (χ2n) is 7.87. The molecule has 7 nitrogen and oxygen atoms in total. The fraction of sp³-hybridized carbons (Fsp3) is 0.500. The van der Waals surface area contributed by atoms with Crippen molar-refractivity contribution in [3.05, 3.63) is 42.2 Å². The number of fused-ring (bicyclic) bond motifs is 1. The molecule has 2 aliphatic rings. The quantitative estimate of drug-likeness (QED) is 0.670. The SMILES string of the molecule is CN(Cc1ccccc1)C1CCN(c2ncnc3c2nnn3CC2CC2)C1. The minimum atomic E-state index is 0.511. The molecule has 2 aromatic heterocycles. The van der Waals surface area contributed by atoms with Gasteiger partial charge in [-0.2, -0.15) is 0 Å². The molecule has 0 spiro atoms. The van der Waals surface area contributed by atoms with Gasteiger partial charge in [-0.25, -0.2) is 14.6 Å². The van der Waals surface area contributed by atoms with Crippen LogP contribution in [0.4, 0.5) is 5.82 Å². The summed E-state index contributed by atoms with van der Waals surface area (Å²) in [5.74, 6) is 1.67. The smallest absolute Gasteiger partial charge is 0.183 e. The number of hydrogen-bond acceptors (Lipinski definition) is 6. The van der Waals surface area contributed by atoms with Crippen molar-refractivity contribution in [1.29, 1.82) is 0 Å². The van der Waals surface area contributed by atoms with Gasteiger partial charge in [0.05, 0.1) is 0 Å². The lowest BCUT2D eigenvalue weighted by atomic mass is 10.1. The van der Waals surface area contributed by atoms with Crippen molar-refractivity contribution < 1.29 is 0 Å². The Bertz CT molecular complexity index is 918. The first-order chi connectivity index (χ1) is 13.3. The Morgan fingerprint density at radius 3 is 2.78 bits per heavy atom. The van der Waals surface area contributed by atoms with Crippen LogP contribution in [0.2, 0.25) is 0 Å². The molecule has 7 heteroatoms. The number of nitrogens with zero attached hydrogens (tertiary/aromatic N) is 7. The van der Waals surface area contributed by atoms with E-state index in [1.807, 2.05) is 4.68 Å². The number of likely N-dealkylation sites (N-methyl/N-ethyl adjacent to an activating group) is 1. The van der Waals surface area contributed by atoms with Crippen molar-refractivity contribution in [3.63, 3.8) is 0 Å². The highest BCUT2D eigenvalue weighted by atomic mass is 15.5. The van der Waals surface area contributed by atoms with Gasteiger partial charge >= 0.3 is 0 Å². The normalized spacial score (nSPS) is 20.1.